The summed E-state index contributed by atoms with van der Waals surface area (Å²) in [7, 11) is 0. The minimum atomic E-state index is -1.11. The fourth-order valence-electron chi connectivity index (χ4n) is 4.60. The van der Waals surface area contributed by atoms with Gasteiger partial charge in [-0.05, 0) is 51.1 Å². The summed E-state index contributed by atoms with van der Waals surface area (Å²) in [6.45, 7) is 0.132. The van der Waals surface area contributed by atoms with Gasteiger partial charge in [0.15, 0.2) is 0 Å². The summed E-state index contributed by atoms with van der Waals surface area (Å²) in [5.74, 6) is -1.20. The summed E-state index contributed by atoms with van der Waals surface area (Å²) >= 11 is 0. The van der Waals surface area contributed by atoms with Crippen LogP contribution in [0.4, 0.5) is 4.79 Å². The molecule has 6 heteroatoms. The highest BCUT2D eigenvalue weighted by Gasteiger charge is 2.29. The van der Waals surface area contributed by atoms with Crippen LogP contribution in [0, 0.1) is 0 Å². The van der Waals surface area contributed by atoms with Crippen LogP contribution in [-0.2, 0) is 16.0 Å². The average molecular weight is 465 g/mol. The predicted molar refractivity (Wildman–Crippen MR) is 133 cm³/mol. The molecule has 1 amide bonds. The van der Waals surface area contributed by atoms with Crippen molar-refractivity contribution in [3.05, 3.63) is 114 Å². The second kappa shape index (κ2) is 9.81. The van der Waals surface area contributed by atoms with Gasteiger partial charge < -0.3 is 15.2 Å². The van der Waals surface area contributed by atoms with Crippen LogP contribution in [0.2, 0.25) is 0 Å². The van der Waals surface area contributed by atoms with Crippen molar-refractivity contribution in [2.45, 2.75) is 18.4 Å². The van der Waals surface area contributed by atoms with Gasteiger partial charge in [0, 0.05) is 24.7 Å². The van der Waals surface area contributed by atoms with Gasteiger partial charge in [-0.15, -0.1) is 0 Å². The largest absolute Gasteiger partial charge is 0.480 e. The number of ether oxygens (including phenoxy) is 1. The minimum Gasteiger partial charge on any atom is -0.480 e. The van der Waals surface area contributed by atoms with E-state index in [1.807, 2.05) is 72.8 Å². The zero-order valence-electron chi connectivity index (χ0n) is 18.9. The number of benzene rings is 3. The molecular weight excluding hydrogens is 440 g/mol. The number of amides is 1. The van der Waals surface area contributed by atoms with Crippen molar-refractivity contribution in [3.63, 3.8) is 0 Å². The van der Waals surface area contributed by atoms with Crippen LogP contribution in [-0.4, -0.2) is 34.8 Å². The normalized spacial score (nSPS) is 12.9. The van der Waals surface area contributed by atoms with Crippen molar-refractivity contribution in [3.8, 4) is 22.3 Å². The molecule has 0 aliphatic heterocycles. The minimum absolute atomic E-state index is 0.0860. The van der Waals surface area contributed by atoms with E-state index in [1.165, 1.54) is 0 Å². The molecule has 0 radical (unpaired) electrons. The Morgan fingerprint density at radius 3 is 2.00 bits per heavy atom. The molecule has 3 aromatic carbocycles. The van der Waals surface area contributed by atoms with Crippen LogP contribution < -0.4 is 5.32 Å². The SMILES string of the molecule is O=C(N[C@H](Cc1ccc(-c2ccncc2)cc1)C(=O)O)OCC1c2ccccc2-c2ccccc21. The molecule has 0 saturated heterocycles. The molecule has 35 heavy (non-hydrogen) atoms. The van der Waals surface area contributed by atoms with Crippen LogP contribution in [0.3, 0.4) is 0 Å². The molecule has 1 atom stereocenters. The first-order chi connectivity index (χ1) is 17.1. The number of alkyl carbamates (subject to hydrolysis) is 1. The maximum absolute atomic E-state index is 12.6. The van der Waals surface area contributed by atoms with Gasteiger partial charge in [0.2, 0.25) is 0 Å². The third-order valence-electron chi connectivity index (χ3n) is 6.34. The van der Waals surface area contributed by atoms with E-state index in [-0.39, 0.29) is 18.9 Å². The second-order valence-corrected chi connectivity index (χ2v) is 8.50. The molecule has 1 aliphatic rings. The van der Waals surface area contributed by atoms with Crippen LogP contribution in [0.25, 0.3) is 22.3 Å². The van der Waals surface area contributed by atoms with E-state index in [0.717, 1.165) is 38.9 Å². The number of carbonyl (C=O) groups excluding carboxylic acids is 1. The van der Waals surface area contributed by atoms with E-state index in [0.29, 0.717) is 0 Å². The number of carboxylic acid groups (broad SMARTS) is 1. The van der Waals surface area contributed by atoms with E-state index in [4.69, 9.17) is 4.74 Å². The Morgan fingerprint density at radius 2 is 1.40 bits per heavy atom. The molecule has 1 aromatic heterocycles. The summed E-state index contributed by atoms with van der Waals surface area (Å²) in [4.78, 5) is 28.4. The standard InChI is InChI=1S/C29H24N2O4/c32-28(33)27(17-19-9-11-20(12-10-19)21-13-15-30-16-14-21)31-29(34)35-18-26-24-7-3-1-5-22(24)23-6-2-4-8-25(23)26/h1-16,26-27H,17-18H2,(H,31,34)(H,32,33)/t27-/m1/s1. The summed E-state index contributed by atoms with van der Waals surface area (Å²) in [6.07, 6.45) is 2.85. The first-order valence-electron chi connectivity index (χ1n) is 11.4. The highest BCUT2D eigenvalue weighted by molar-refractivity contribution is 5.81. The first-order valence-corrected chi connectivity index (χ1v) is 11.4. The first kappa shape index (κ1) is 22.3. The number of hydrogen-bond acceptors (Lipinski definition) is 4. The van der Waals surface area contributed by atoms with Gasteiger partial charge in [0.25, 0.3) is 0 Å². The number of aromatic nitrogens is 1. The smallest absolute Gasteiger partial charge is 0.407 e. The zero-order chi connectivity index (χ0) is 24.2. The lowest BCUT2D eigenvalue weighted by Crippen LogP contribution is -2.42. The number of carbonyl (C=O) groups is 2. The molecule has 4 aromatic rings. The van der Waals surface area contributed by atoms with E-state index in [2.05, 4.69) is 22.4 Å². The van der Waals surface area contributed by atoms with Crippen molar-refractivity contribution >= 4 is 12.1 Å². The van der Waals surface area contributed by atoms with Crippen molar-refractivity contribution in [1.29, 1.82) is 0 Å². The molecule has 6 nitrogen and oxygen atoms in total. The van der Waals surface area contributed by atoms with Crippen LogP contribution in [0.1, 0.15) is 22.6 Å². The summed E-state index contributed by atoms with van der Waals surface area (Å²) in [5, 5.41) is 12.2. The molecule has 0 spiro atoms. The van der Waals surface area contributed by atoms with E-state index < -0.39 is 18.1 Å². The van der Waals surface area contributed by atoms with Gasteiger partial charge in [-0.25, -0.2) is 9.59 Å². The summed E-state index contributed by atoms with van der Waals surface area (Å²) in [6, 6.07) is 26.4. The number of aliphatic carboxylic acids is 1. The zero-order valence-corrected chi connectivity index (χ0v) is 18.9. The average Bonchev–Trinajstić information content (AvgIpc) is 3.21. The maximum Gasteiger partial charge on any atom is 0.407 e. The Morgan fingerprint density at radius 1 is 0.829 bits per heavy atom. The number of hydrogen-bond donors (Lipinski definition) is 2. The third kappa shape index (κ3) is 4.77. The van der Waals surface area contributed by atoms with E-state index in [1.54, 1.807) is 12.4 Å². The quantitative estimate of drug-likeness (QED) is 0.388. The van der Waals surface area contributed by atoms with Crippen LogP contribution in [0.15, 0.2) is 97.3 Å². The molecule has 5 rings (SSSR count). The van der Waals surface area contributed by atoms with Gasteiger partial charge in [-0.1, -0.05) is 72.8 Å². The van der Waals surface area contributed by atoms with Crippen LogP contribution in [0.5, 0.6) is 0 Å². The number of nitrogens with one attached hydrogen (secondary N) is 1. The number of fused-ring (bicyclic) bond motifs is 3. The van der Waals surface area contributed by atoms with Gasteiger partial charge in [0.1, 0.15) is 12.6 Å². The fourth-order valence-corrected chi connectivity index (χ4v) is 4.60. The lowest BCUT2D eigenvalue weighted by atomic mass is 9.98. The highest BCUT2D eigenvalue weighted by Crippen LogP contribution is 2.44. The number of carboxylic acids is 1. The van der Waals surface area contributed by atoms with Gasteiger partial charge >= 0.3 is 12.1 Å². The third-order valence-corrected chi connectivity index (χ3v) is 6.34. The van der Waals surface area contributed by atoms with Gasteiger partial charge in [0.05, 0.1) is 0 Å². The molecule has 1 heterocycles. The Kier molecular flexibility index (Phi) is 6.26. The fraction of sp³-hybridized carbons (Fsp3) is 0.138. The number of rotatable bonds is 7. The summed E-state index contributed by atoms with van der Waals surface area (Å²) < 4.78 is 5.52. The van der Waals surface area contributed by atoms with E-state index in [9.17, 15) is 14.7 Å². The lowest BCUT2D eigenvalue weighted by molar-refractivity contribution is -0.139. The summed E-state index contributed by atoms with van der Waals surface area (Å²) in [5.41, 5.74) is 7.31. The second-order valence-electron chi connectivity index (χ2n) is 8.50. The Labute approximate surface area is 203 Å². The lowest BCUT2D eigenvalue weighted by Gasteiger charge is -2.17. The Hall–Kier alpha value is -4.45. The van der Waals surface area contributed by atoms with Gasteiger partial charge in [-0.3, -0.25) is 4.98 Å². The molecule has 0 fully saturated rings. The molecule has 2 N–H and O–H groups in total. The van der Waals surface area contributed by atoms with Crippen molar-refractivity contribution in [2.75, 3.05) is 6.61 Å². The Balaban J connectivity index is 1.23. The number of nitrogens with zero attached hydrogens (tertiary/aromatic N) is 1. The molecule has 0 unspecified atom stereocenters. The Bertz CT molecular complexity index is 1310. The molecule has 1 aliphatic carbocycles. The topological polar surface area (TPSA) is 88.5 Å². The number of pyridine rings is 1. The van der Waals surface area contributed by atoms with Crippen molar-refractivity contribution in [2.24, 2.45) is 0 Å². The predicted octanol–water partition coefficient (Wildman–Crippen LogP) is 5.28. The van der Waals surface area contributed by atoms with Crippen molar-refractivity contribution < 1.29 is 19.4 Å². The van der Waals surface area contributed by atoms with Crippen LogP contribution >= 0.6 is 0 Å². The monoisotopic (exact) mass is 464 g/mol. The van der Waals surface area contributed by atoms with Crippen molar-refractivity contribution in [1.82, 2.24) is 10.3 Å². The molecule has 0 bridgehead atoms. The van der Waals surface area contributed by atoms with Gasteiger partial charge in [-0.2, -0.15) is 0 Å². The highest BCUT2D eigenvalue weighted by atomic mass is 16.5. The molecule has 0 saturated carbocycles. The molecule has 174 valence electrons. The van der Waals surface area contributed by atoms with E-state index >= 15 is 0 Å². The molecular formula is C29H24N2O4. The maximum atomic E-state index is 12.6.